The molecule has 3 aromatic heterocycles. The third-order valence-electron chi connectivity index (χ3n) is 10.6. The van der Waals surface area contributed by atoms with Crippen LogP contribution in [0.25, 0.3) is 33.3 Å². The zero-order chi connectivity index (χ0) is 36.8. The first kappa shape index (κ1) is 38.7. The summed E-state index contributed by atoms with van der Waals surface area (Å²) >= 11 is 0. The molecule has 7 heteroatoms. The molecule has 5 nitrogen and oxygen atoms in total. The number of pyridine rings is 1. The van der Waals surface area contributed by atoms with Crippen molar-refractivity contribution in [2.24, 2.45) is 17.8 Å². The average Bonchev–Trinajstić information content (AvgIpc) is 3.64. The van der Waals surface area contributed by atoms with Gasteiger partial charge in [-0.1, -0.05) is 97.2 Å². The van der Waals surface area contributed by atoms with Gasteiger partial charge in [-0.05, 0) is 72.6 Å². The quantitative estimate of drug-likeness (QED) is 0.102. The molecule has 0 radical (unpaired) electrons. The SMILES string of the molecule is CC1=C[C@H](C)C[C@H](C)C1c1c(C(C)C)nn(-c2[c-]c(Oc3[c-]c4c(cc3)c3ccccc3n4-c3cc(F)ccn3)cc(CCC(C)C)c2)c1C(C)C.[Pt+2]. The van der Waals surface area contributed by atoms with Gasteiger partial charge in [0.05, 0.1) is 5.69 Å². The van der Waals surface area contributed by atoms with Crippen LogP contribution in [0.1, 0.15) is 115 Å². The van der Waals surface area contributed by atoms with Gasteiger partial charge in [0.2, 0.25) is 0 Å². The molecule has 1 unspecified atom stereocenters. The Hall–Kier alpha value is -4.02. The summed E-state index contributed by atoms with van der Waals surface area (Å²) in [5.74, 6) is 3.84. The summed E-state index contributed by atoms with van der Waals surface area (Å²) in [4.78, 5) is 4.52. The van der Waals surface area contributed by atoms with Crippen molar-refractivity contribution in [3.63, 3.8) is 0 Å². The maximum Gasteiger partial charge on any atom is 2.00 e. The van der Waals surface area contributed by atoms with Crippen molar-refractivity contribution in [3.05, 3.63) is 119 Å². The number of fused-ring (bicyclic) bond motifs is 3. The Labute approximate surface area is 328 Å². The Kier molecular flexibility index (Phi) is 11.5. The van der Waals surface area contributed by atoms with Crippen molar-refractivity contribution in [1.82, 2.24) is 19.3 Å². The molecular weight excluding hydrogens is 839 g/mol. The number of ether oxygens (including phenoxy) is 1. The second-order valence-electron chi connectivity index (χ2n) is 16.0. The monoisotopic (exact) mass is 889 g/mol. The van der Waals surface area contributed by atoms with E-state index in [9.17, 15) is 4.39 Å². The van der Waals surface area contributed by atoms with Crippen LogP contribution in [0.5, 0.6) is 11.5 Å². The van der Waals surface area contributed by atoms with Crippen molar-refractivity contribution in [3.8, 4) is 23.0 Å². The molecule has 0 spiro atoms. The summed E-state index contributed by atoms with van der Waals surface area (Å²) in [7, 11) is 0. The standard InChI is InChI=1S/C46H51FN4O.Pt/c1-27(2)14-15-33-22-35(51-46(29(5)6)44(45(49-51)28(3)4)43-31(8)20-30(7)21-32(43)9)25-37(23-33)52-36-16-17-39-38-12-10-11-13-40(38)50(41(39)26-36)42-24-34(47)18-19-48-42;/h10-13,16-20,22-24,27-30,32,43H,14-15,21H2,1-9H3;/q-2;+2/t30-,32-,43?;/m0./s1. The largest absolute Gasteiger partial charge is 2.00 e. The van der Waals surface area contributed by atoms with Gasteiger partial charge in [-0.25, -0.2) is 9.37 Å². The molecule has 1 aliphatic carbocycles. The maximum atomic E-state index is 14.5. The van der Waals surface area contributed by atoms with Crippen LogP contribution < -0.4 is 4.74 Å². The number of halogens is 1. The van der Waals surface area contributed by atoms with Crippen molar-refractivity contribution in [1.29, 1.82) is 0 Å². The fourth-order valence-corrected chi connectivity index (χ4v) is 8.41. The number of benzene rings is 3. The Morgan fingerprint density at radius 3 is 2.38 bits per heavy atom. The molecule has 7 rings (SSSR count). The van der Waals surface area contributed by atoms with Gasteiger partial charge in [0.25, 0.3) is 0 Å². The third kappa shape index (κ3) is 7.67. The van der Waals surface area contributed by atoms with E-state index in [-0.39, 0.29) is 38.7 Å². The second kappa shape index (κ2) is 15.8. The number of rotatable bonds is 10. The molecule has 0 saturated heterocycles. The van der Waals surface area contributed by atoms with Crippen LogP contribution in [0.15, 0.2) is 78.5 Å². The summed E-state index contributed by atoms with van der Waals surface area (Å²) < 4.78 is 25.3. The molecule has 6 aromatic rings. The summed E-state index contributed by atoms with van der Waals surface area (Å²) in [6.07, 6.45) is 7.11. The fraction of sp³-hybridized carbons (Fsp3) is 0.391. The van der Waals surface area contributed by atoms with E-state index in [0.29, 0.717) is 41.0 Å². The van der Waals surface area contributed by atoms with Crippen molar-refractivity contribution < 1.29 is 30.2 Å². The van der Waals surface area contributed by atoms with Crippen LogP contribution in [0.2, 0.25) is 0 Å². The number of allylic oxidation sites excluding steroid dienone is 2. The number of hydrogen-bond acceptors (Lipinski definition) is 3. The average molecular weight is 890 g/mol. The molecule has 0 N–H and O–H groups in total. The van der Waals surface area contributed by atoms with Crippen LogP contribution in [-0.4, -0.2) is 19.3 Å². The first-order chi connectivity index (χ1) is 24.9. The molecule has 53 heavy (non-hydrogen) atoms. The minimum Gasteiger partial charge on any atom is -0.509 e. The first-order valence-corrected chi connectivity index (χ1v) is 19.0. The van der Waals surface area contributed by atoms with E-state index in [1.54, 1.807) is 0 Å². The molecule has 0 amide bonds. The molecule has 3 aromatic carbocycles. The zero-order valence-electron chi connectivity index (χ0n) is 32.4. The van der Waals surface area contributed by atoms with Gasteiger partial charge in [-0.3, -0.25) is 4.68 Å². The van der Waals surface area contributed by atoms with Crippen molar-refractivity contribution in [2.45, 2.75) is 99.3 Å². The van der Waals surface area contributed by atoms with E-state index in [0.717, 1.165) is 40.3 Å². The maximum absolute atomic E-state index is 14.5. The zero-order valence-corrected chi connectivity index (χ0v) is 34.7. The minimum absolute atomic E-state index is 0. The normalized spacial score (nSPS) is 17.6. The van der Waals surface area contributed by atoms with E-state index in [1.807, 2.05) is 28.8 Å². The smallest absolute Gasteiger partial charge is 0.509 e. The summed E-state index contributed by atoms with van der Waals surface area (Å²) in [6.45, 7) is 20.7. The molecule has 0 fully saturated rings. The molecule has 3 atom stereocenters. The number of hydrogen-bond donors (Lipinski definition) is 0. The van der Waals surface area contributed by atoms with Crippen LogP contribution in [-0.2, 0) is 27.5 Å². The molecule has 3 heterocycles. The van der Waals surface area contributed by atoms with E-state index < -0.39 is 0 Å². The fourth-order valence-electron chi connectivity index (χ4n) is 8.41. The molecule has 0 saturated carbocycles. The predicted octanol–water partition coefficient (Wildman–Crippen LogP) is 12.4. The van der Waals surface area contributed by atoms with Crippen LogP contribution in [0.4, 0.5) is 4.39 Å². The van der Waals surface area contributed by atoms with E-state index >= 15 is 0 Å². The van der Waals surface area contributed by atoms with Gasteiger partial charge in [0.15, 0.2) is 0 Å². The number of aryl methyl sites for hydroxylation is 1. The number of aromatic nitrogens is 4. The molecule has 0 aliphatic heterocycles. The summed E-state index contributed by atoms with van der Waals surface area (Å²) in [6, 6.07) is 26.4. The van der Waals surface area contributed by atoms with Crippen molar-refractivity contribution in [2.75, 3.05) is 0 Å². The second-order valence-corrected chi connectivity index (χ2v) is 16.0. The molecular formula is C46H51FN4OPt. The van der Waals surface area contributed by atoms with Crippen LogP contribution in [0.3, 0.4) is 0 Å². The number of nitrogens with zero attached hydrogens (tertiary/aromatic N) is 4. The van der Waals surface area contributed by atoms with E-state index in [4.69, 9.17) is 9.84 Å². The first-order valence-electron chi connectivity index (χ1n) is 19.0. The molecule has 0 bridgehead atoms. The van der Waals surface area contributed by atoms with E-state index in [2.05, 4.69) is 114 Å². The molecule has 1 aliphatic rings. The molecule has 278 valence electrons. The summed E-state index contributed by atoms with van der Waals surface area (Å²) in [5, 5.41) is 7.45. The Morgan fingerprint density at radius 1 is 0.906 bits per heavy atom. The van der Waals surface area contributed by atoms with Gasteiger partial charge in [0, 0.05) is 46.5 Å². The van der Waals surface area contributed by atoms with E-state index in [1.165, 1.54) is 52.8 Å². The Morgan fingerprint density at radius 2 is 1.68 bits per heavy atom. The van der Waals surface area contributed by atoms with Crippen LogP contribution in [0, 0.1) is 35.7 Å². The predicted molar refractivity (Wildman–Crippen MR) is 211 cm³/mol. The number of para-hydroxylation sites is 1. The van der Waals surface area contributed by atoms with Crippen molar-refractivity contribution >= 4 is 21.8 Å². The van der Waals surface area contributed by atoms with Gasteiger partial charge in [-0.15, -0.1) is 35.7 Å². The van der Waals surface area contributed by atoms with Gasteiger partial charge in [-0.2, -0.15) is 16.7 Å². The Balaban J connectivity index is 0.00000481. The van der Waals surface area contributed by atoms with Crippen LogP contribution >= 0.6 is 0 Å². The summed E-state index contributed by atoms with van der Waals surface area (Å²) in [5.41, 5.74) is 9.04. The van der Waals surface area contributed by atoms with Gasteiger partial charge < -0.3 is 9.30 Å². The van der Waals surface area contributed by atoms with Gasteiger partial charge >= 0.3 is 21.1 Å². The third-order valence-corrected chi connectivity index (χ3v) is 10.6. The Bertz CT molecular complexity index is 2280. The van der Waals surface area contributed by atoms with Gasteiger partial charge in [0.1, 0.15) is 11.6 Å². The topological polar surface area (TPSA) is 44.9 Å². The minimum atomic E-state index is -0.342.